The van der Waals surface area contributed by atoms with Crippen LogP contribution in [-0.4, -0.2) is 5.11 Å². The van der Waals surface area contributed by atoms with Gasteiger partial charge in [-0.25, -0.2) is 0 Å². The zero-order valence-electron chi connectivity index (χ0n) is 14.2. The van der Waals surface area contributed by atoms with E-state index in [1.807, 2.05) is 18.2 Å². The average Bonchev–Trinajstić information content (AvgIpc) is 2.60. The van der Waals surface area contributed by atoms with Crippen molar-refractivity contribution in [3.05, 3.63) is 71.3 Å². The molecule has 0 aliphatic rings. The first-order valence-electron chi connectivity index (χ1n) is 8.28. The summed E-state index contributed by atoms with van der Waals surface area (Å²) < 4.78 is 0. The van der Waals surface area contributed by atoms with Crippen molar-refractivity contribution in [2.75, 3.05) is 0 Å². The minimum Gasteiger partial charge on any atom is -0.359 e. The minimum atomic E-state index is 0.191. The molecule has 0 spiro atoms. The summed E-state index contributed by atoms with van der Waals surface area (Å²) >= 11 is 5.39. The number of hydrogen-bond donors (Lipinski definition) is 2. The Bertz CT molecular complexity index is 607. The second kappa shape index (κ2) is 8.68. The van der Waals surface area contributed by atoms with E-state index in [0.717, 1.165) is 6.54 Å². The zero-order valence-corrected chi connectivity index (χ0v) is 15.0. The van der Waals surface area contributed by atoms with E-state index in [1.54, 1.807) is 0 Å². The second-order valence-corrected chi connectivity index (χ2v) is 6.42. The third kappa shape index (κ3) is 5.36. The van der Waals surface area contributed by atoms with Crippen LogP contribution in [0, 0.1) is 0 Å². The summed E-state index contributed by atoms with van der Waals surface area (Å²) in [6.45, 7) is 7.36. The van der Waals surface area contributed by atoms with E-state index in [-0.39, 0.29) is 6.04 Å². The highest BCUT2D eigenvalue weighted by atomic mass is 32.1. The van der Waals surface area contributed by atoms with Gasteiger partial charge in [-0.15, -0.1) is 0 Å². The van der Waals surface area contributed by atoms with Gasteiger partial charge in [0.15, 0.2) is 5.11 Å². The van der Waals surface area contributed by atoms with Crippen molar-refractivity contribution in [3.8, 4) is 0 Å². The Morgan fingerprint density at radius 3 is 2.17 bits per heavy atom. The molecule has 2 aromatic carbocycles. The SMILES string of the molecule is CCC(C)c1ccc(C(C)NC(=S)NCc2ccccc2)cc1. The highest BCUT2D eigenvalue weighted by molar-refractivity contribution is 7.80. The van der Waals surface area contributed by atoms with Crippen molar-refractivity contribution in [2.45, 2.75) is 45.7 Å². The van der Waals surface area contributed by atoms with Crippen LogP contribution in [0.4, 0.5) is 0 Å². The van der Waals surface area contributed by atoms with E-state index in [2.05, 4.69) is 67.8 Å². The molecule has 0 fully saturated rings. The third-order valence-electron chi connectivity index (χ3n) is 4.26. The molecule has 0 amide bonds. The minimum absolute atomic E-state index is 0.191. The standard InChI is InChI=1S/C20H26N2S/c1-4-15(2)18-10-12-19(13-11-18)16(3)22-20(23)21-14-17-8-6-5-7-9-17/h5-13,15-16H,4,14H2,1-3H3,(H2,21,22,23). The number of benzene rings is 2. The van der Waals surface area contributed by atoms with Crippen LogP contribution in [0.3, 0.4) is 0 Å². The number of nitrogens with one attached hydrogen (secondary N) is 2. The molecule has 2 N–H and O–H groups in total. The summed E-state index contributed by atoms with van der Waals surface area (Å²) in [5.74, 6) is 0.612. The van der Waals surface area contributed by atoms with Gasteiger partial charge in [0.2, 0.25) is 0 Å². The molecule has 0 aliphatic carbocycles. The smallest absolute Gasteiger partial charge is 0.167 e. The summed E-state index contributed by atoms with van der Waals surface area (Å²) in [5, 5.41) is 7.30. The Morgan fingerprint density at radius 2 is 1.57 bits per heavy atom. The number of thiocarbonyl (C=S) groups is 1. The quantitative estimate of drug-likeness (QED) is 0.736. The van der Waals surface area contributed by atoms with Crippen molar-refractivity contribution in [2.24, 2.45) is 0 Å². The lowest BCUT2D eigenvalue weighted by Crippen LogP contribution is -2.36. The molecule has 23 heavy (non-hydrogen) atoms. The van der Waals surface area contributed by atoms with Gasteiger partial charge in [0.25, 0.3) is 0 Å². The van der Waals surface area contributed by atoms with E-state index in [1.165, 1.54) is 23.1 Å². The van der Waals surface area contributed by atoms with E-state index >= 15 is 0 Å². The number of rotatable bonds is 6. The van der Waals surface area contributed by atoms with Crippen LogP contribution in [-0.2, 0) is 6.54 Å². The van der Waals surface area contributed by atoms with Crippen molar-refractivity contribution in [1.29, 1.82) is 0 Å². The predicted molar refractivity (Wildman–Crippen MR) is 103 cm³/mol. The van der Waals surface area contributed by atoms with E-state index in [0.29, 0.717) is 11.0 Å². The molecule has 3 heteroatoms. The first-order chi connectivity index (χ1) is 11.1. The van der Waals surface area contributed by atoms with E-state index in [9.17, 15) is 0 Å². The normalized spacial score (nSPS) is 13.2. The summed E-state index contributed by atoms with van der Waals surface area (Å²) in [5.41, 5.74) is 3.87. The van der Waals surface area contributed by atoms with Crippen molar-refractivity contribution >= 4 is 17.3 Å². The van der Waals surface area contributed by atoms with Gasteiger partial charge in [-0.3, -0.25) is 0 Å². The monoisotopic (exact) mass is 326 g/mol. The van der Waals surface area contributed by atoms with Crippen molar-refractivity contribution < 1.29 is 0 Å². The molecule has 0 radical (unpaired) electrons. The lowest BCUT2D eigenvalue weighted by atomic mass is 9.96. The average molecular weight is 327 g/mol. The summed E-state index contributed by atoms with van der Waals surface area (Å²) in [6.07, 6.45) is 1.17. The van der Waals surface area contributed by atoms with Gasteiger partial charge in [0, 0.05) is 6.54 Å². The molecule has 0 heterocycles. The van der Waals surface area contributed by atoms with Crippen LogP contribution in [0.1, 0.15) is 55.8 Å². The van der Waals surface area contributed by atoms with Crippen LogP contribution in [0.2, 0.25) is 0 Å². The van der Waals surface area contributed by atoms with Gasteiger partial charge in [-0.05, 0) is 48.2 Å². The topological polar surface area (TPSA) is 24.1 Å². The molecule has 0 saturated heterocycles. The summed E-state index contributed by atoms with van der Waals surface area (Å²) in [6, 6.07) is 19.3. The van der Waals surface area contributed by atoms with Crippen LogP contribution in [0.25, 0.3) is 0 Å². The van der Waals surface area contributed by atoms with Crippen LogP contribution in [0.15, 0.2) is 54.6 Å². The fourth-order valence-corrected chi connectivity index (χ4v) is 2.71. The van der Waals surface area contributed by atoms with Gasteiger partial charge in [0.05, 0.1) is 6.04 Å². The molecule has 2 aromatic rings. The fraction of sp³-hybridized carbons (Fsp3) is 0.350. The highest BCUT2D eigenvalue weighted by Gasteiger charge is 2.08. The molecule has 122 valence electrons. The maximum Gasteiger partial charge on any atom is 0.167 e. The van der Waals surface area contributed by atoms with Crippen LogP contribution >= 0.6 is 12.2 Å². The molecule has 2 rings (SSSR count). The summed E-state index contributed by atoms with van der Waals surface area (Å²) in [4.78, 5) is 0. The molecule has 0 aliphatic heterocycles. The molecule has 0 bridgehead atoms. The first-order valence-corrected chi connectivity index (χ1v) is 8.69. The zero-order chi connectivity index (χ0) is 16.7. The predicted octanol–water partition coefficient (Wildman–Crippen LogP) is 4.93. The van der Waals surface area contributed by atoms with E-state index < -0.39 is 0 Å². The maximum atomic E-state index is 5.39. The Kier molecular flexibility index (Phi) is 6.60. The highest BCUT2D eigenvalue weighted by Crippen LogP contribution is 2.21. The van der Waals surface area contributed by atoms with Crippen LogP contribution < -0.4 is 10.6 Å². The molecule has 0 saturated carbocycles. The van der Waals surface area contributed by atoms with Crippen molar-refractivity contribution in [1.82, 2.24) is 10.6 Å². The van der Waals surface area contributed by atoms with E-state index in [4.69, 9.17) is 12.2 Å². The Hall–Kier alpha value is -1.87. The lowest BCUT2D eigenvalue weighted by molar-refractivity contribution is 0.693. The molecule has 2 nitrogen and oxygen atoms in total. The van der Waals surface area contributed by atoms with Gasteiger partial charge in [0.1, 0.15) is 0 Å². The number of hydrogen-bond acceptors (Lipinski definition) is 1. The van der Waals surface area contributed by atoms with Gasteiger partial charge in [-0.2, -0.15) is 0 Å². The van der Waals surface area contributed by atoms with Crippen molar-refractivity contribution in [3.63, 3.8) is 0 Å². The Morgan fingerprint density at radius 1 is 0.957 bits per heavy atom. The van der Waals surface area contributed by atoms with Gasteiger partial charge < -0.3 is 10.6 Å². The largest absolute Gasteiger partial charge is 0.359 e. The molecular formula is C20H26N2S. The van der Waals surface area contributed by atoms with Gasteiger partial charge >= 0.3 is 0 Å². The fourth-order valence-electron chi connectivity index (χ4n) is 2.46. The lowest BCUT2D eigenvalue weighted by Gasteiger charge is -2.18. The second-order valence-electron chi connectivity index (χ2n) is 6.01. The molecular weight excluding hydrogens is 300 g/mol. The third-order valence-corrected chi connectivity index (χ3v) is 4.52. The summed E-state index contributed by atoms with van der Waals surface area (Å²) in [7, 11) is 0. The molecule has 2 unspecified atom stereocenters. The Balaban J connectivity index is 1.85. The molecule has 2 atom stereocenters. The maximum absolute atomic E-state index is 5.39. The first kappa shape index (κ1) is 17.5. The molecule has 0 aromatic heterocycles. The van der Waals surface area contributed by atoms with Crippen LogP contribution in [0.5, 0.6) is 0 Å². The van der Waals surface area contributed by atoms with Gasteiger partial charge in [-0.1, -0.05) is 68.4 Å². The Labute approximate surface area is 145 Å².